The molecule has 1 saturated heterocycles. The number of hydrogen-bond donors (Lipinski definition) is 1. The molecule has 1 fully saturated rings. The van der Waals surface area contributed by atoms with E-state index in [0.717, 1.165) is 26.2 Å². The molecule has 0 unspecified atom stereocenters. The lowest BCUT2D eigenvalue weighted by molar-refractivity contribution is 0.0526. The third-order valence-electron chi connectivity index (χ3n) is 3.23. The molecule has 1 aromatic rings. The van der Waals surface area contributed by atoms with Crippen molar-refractivity contribution in [3.63, 3.8) is 0 Å². The van der Waals surface area contributed by atoms with Crippen LogP contribution < -0.4 is 10.2 Å². The smallest absolute Gasteiger partial charge is 0.341 e. The first kappa shape index (κ1) is 14.3. The van der Waals surface area contributed by atoms with Gasteiger partial charge in [-0.25, -0.2) is 9.78 Å². The van der Waals surface area contributed by atoms with Crippen molar-refractivity contribution < 1.29 is 9.53 Å². The molecule has 1 aliphatic rings. The third-order valence-corrected chi connectivity index (χ3v) is 3.23. The van der Waals surface area contributed by atoms with Gasteiger partial charge in [0.25, 0.3) is 0 Å². The molecule has 106 valence electrons. The van der Waals surface area contributed by atoms with E-state index in [1.54, 1.807) is 19.9 Å². The zero-order valence-corrected chi connectivity index (χ0v) is 11.8. The maximum absolute atomic E-state index is 12.1. The van der Waals surface area contributed by atoms with Crippen molar-refractivity contribution in [2.45, 2.75) is 13.8 Å². The zero-order chi connectivity index (χ0) is 14.5. The number of anilines is 1. The first-order valence-electron chi connectivity index (χ1n) is 6.72. The second-order valence-corrected chi connectivity index (χ2v) is 4.56. The quantitative estimate of drug-likeness (QED) is 0.823. The Morgan fingerprint density at radius 1 is 1.55 bits per heavy atom. The number of aromatic nitrogens is 1. The second kappa shape index (κ2) is 6.35. The number of rotatable bonds is 3. The van der Waals surface area contributed by atoms with Crippen LogP contribution in [0.15, 0.2) is 6.07 Å². The fourth-order valence-corrected chi connectivity index (χ4v) is 2.18. The molecule has 0 bridgehead atoms. The molecule has 1 aliphatic heterocycles. The molecule has 0 aromatic carbocycles. The van der Waals surface area contributed by atoms with Gasteiger partial charge in [-0.15, -0.1) is 0 Å². The van der Waals surface area contributed by atoms with Crippen LogP contribution in [0.1, 0.15) is 28.5 Å². The topological polar surface area (TPSA) is 78.2 Å². The highest BCUT2D eigenvalue weighted by atomic mass is 16.5. The van der Waals surface area contributed by atoms with Crippen molar-refractivity contribution in [1.82, 2.24) is 10.3 Å². The fourth-order valence-electron chi connectivity index (χ4n) is 2.18. The van der Waals surface area contributed by atoms with Crippen LogP contribution in [0.5, 0.6) is 0 Å². The van der Waals surface area contributed by atoms with Crippen LogP contribution in [0.25, 0.3) is 0 Å². The first-order valence-corrected chi connectivity index (χ1v) is 6.72. The summed E-state index contributed by atoms with van der Waals surface area (Å²) in [5.74, 6) is 0.187. The van der Waals surface area contributed by atoms with Crippen LogP contribution in [-0.2, 0) is 4.74 Å². The number of nitrogens with one attached hydrogen (secondary N) is 1. The molecule has 2 rings (SSSR count). The summed E-state index contributed by atoms with van der Waals surface area (Å²) in [6, 6.07) is 3.64. The van der Waals surface area contributed by atoms with Crippen molar-refractivity contribution in [2.24, 2.45) is 0 Å². The molecular formula is C14H18N4O2. The summed E-state index contributed by atoms with van der Waals surface area (Å²) in [7, 11) is 0. The van der Waals surface area contributed by atoms with Crippen LogP contribution in [0.4, 0.5) is 5.82 Å². The molecule has 2 heterocycles. The van der Waals surface area contributed by atoms with Crippen LogP contribution in [-0.4, -0.2) is 43.7 Å². The summed E-state index contributed by atoms with van der Waals surface area (Å²) in [6.45, 7) is 7.10. The van der Waals surface area contributed by atoms with E-state index < -0.39 is 5.97 Å². The van der Waals surface area contributed by atoms with Crippen LogP contribution >= 0.6 is 0 Å². The Morgan fingerprint density at radius 2 is 2.25 bits per heavy atom. The highest BCUT2D eigenvalue weighted by Crippen LogP contribution is 2.22. The molecule has 0 amide bonds. The van der Waals surface area contributed by atoms with E-state index in [1.807, 2.05) is 0 Å². The number of aryl methyl sites for hydroxylation is 1. The van der Waals surface area contributed by atoms with E-state index in [0.29, 0.717) is 29.2 Å². The van der Waals surface area contributed by atoms with Crippen LogP contribution in [0.3, 0.4) is 0 Å². The summed E-state index contributed by atoms with van der Waals surface area (Å²) in [5.41, 5.74) is 1.41. The predicted molar refractivity (Wildman–Crippen MR) is 74.7 cm³/mol. The van der Waals surface area contributed by atoms with Gasteiger partial charge in [-0.05, 0) is 19.9 Å². The number of nitrogens with zero attached hydrogens (tertiary/aromatic N) is 3. The van der Waals surface area contributed by atoms with Gasteiger partial charge >= 0.3 is 5.97 Å². The van der Waals surface area contributed by atoms with Crippen molar-refractivity contribution in [2.75, 3.05) is 37.7 Å². The predicted octanol–water partition coefficient (Wildman–Crippen LogP) is 0.848. The number of carbonyl (C=O) groups is 1. The van der Waals surface area contributed by atoms with Gasteiger partial charge in [0.15, 0.2) is 0 Å². The van der Waals surface area contributed by atoms with Gasteiger partial charge in [0.1, 0.15) is 17.5 Å². The van der Waals surface area contributed by atoms with Crippen molar-refractivity contribution in [3.8, 4) is 6.07 Å². The van der Waals surface area contributed by atoms with Gasteiger partial charge in [-0.2, -0.15) is 5.26 Å². The Labute approximate surface area is 118 Å². The monoisotopic (exact) mass is 274 g/mol. The second-order valence-electron chi connectivity index (χ2n) is 4.56. The summed E-state index contributed by atoms with van der Waals surface area (Å²) in [4.78, 5) is 18.6. The average molecular weight is 274 g/mol. The van der Waals surface area contributed by atoms with E-state index >= 15 is 0 Å². The summed E-state index contributed by atoms with van der Waals surface area (Å²) in [6.07, 6.45) is 0. The normalized spacial score (nSPS) is 14.8. The minimum atomic E-state index is -0.426. The highest BCUT2D eigenvalue weighted by molar-refractivity contribution is 5.95. The van der Waals surface area contributed by atoms with Gasteiger partial charge in [0.05, 0.1) is 17.9 Å². The van der Waals surface area contributed by atoms with E-state index in [1.165, 1.54) is 0 Å². The van der Waals surface area contributed by atoms with Gasteiger partial charge in [-0.3, -0.25) is 0 Å². The van der Waals surface area contributed by atoms with Crippen LogP contribution in [0.2, 0.25) is 0 Å². The van der Waals surface area contributed by atoms with Crippen molar-refractivity contribution >= 4 is 11.8 Å². The summed E-state index contributed by atoms with van der Waals surface area (Å²) < 4.78 is 5.07. The molecule has 6 nitrogen and oxygen atoms in total. The van der Waals surface area contributed by atoms with E-state index in [2.05, 4.69) is 21.3 Å². The van der Waals surface area contributed by atoms with E-state index in [-0.39, 0.29) is 0 Å². The minimum absolute atomic E-state index is 0.301. The number of carbonyl (C=O) groups excluding carboxylic acids is 1. The molecule has 1 N–H and O–H groups in total. The zero-order valence-electron chi connectivity index (χ0n) is 11.8. The van der Waals surface area contributed by atoms with Crippen LogP contribution in [0, 0.1) is 18.3 Å². The lowest BCUT2D eigenvalue weighted by atomic mass is 10.1. The van der Waals surface area contributed by atoms with Crippen molar-refractivity contribution in [1.29, 1.82) is 5.26 Å². The Balaban J connectivity index is 2.44. The summed E-state index contributed by atoms with van der Waals surface area (Å²) in [5, 5.41) is 12.3. The maximum Gasteiger partial charge on any atom is 0.341 e. The first-order chi connectivity index (χ1) is 9.67. The molecule has 0 spiro atoms. The number of esters is 1. The third kappa shape index (κ3) is 2.89. The van der Waals surface area contributed by atoms with Crippen molar-refractivity contribution in [3.05, 3.63) is 22.9 Å². The SMILES string of the molecule is CCOC(=O)c1cc(C#N)c(C)nc1N1CCNCC1. The molecule has 0 aliphatic carbocycles. The molecule has 0 saturated carbocycles. The van der Waals surface area contributed by atoms with Gasteiger partial charge in [-0.1, -0.05) is 0 Å². The average Bonchev–Trinajstić information content (AvgIpc) is 2.48. The number of pyridine rings is 1. The molecule has 6 heteroatoms. The Morgan fingerprint density at radius 3 is 2.85 bits per heavy atom. The maximum atomic E-state index is 12.1. The minimum Gasteiger partial charge on any atom is -0.462 e. The van der Waals surface area contributed by atoms with Gasteiger partial charge < -0.3 is 15.0 Å². The molecule has 1 aromatic heterocycles. The molecule has 0 radical (unpaired) electrons. The Bertz CT molecular complexity index is 545. The highest BCUT2D eigenvalue weighted by Gasteiger charge is 2.22. The molecule has 0 atom stereocenters. The number of ether oxygens (including phenoxy) is 1. The van der Waals surface area contributed by atoms with E-state index in [9.17, 15) is 4.79 Å². The Kier molecular flexibility index (Phi) is 4.53. The Hall–Kier alpha value is -2.13. The van der Waals surface area contributed by atoms with Gasteiger partial charge in [0, 0.05) is 26.2 Å². The summed E-state index contributed by atoms with van der Waals surface area (Å²) >= 11 is 0. The molecular weight excluding hydrogens is 256 g/mol. The lowest BCUT2D eigenvalue weighted by Gasteiger charge is -2.30. The largest absolute Gasteiger partial charge is 0.462 e. The number of piperazine rings is 1. The standard InChI is InChI=1S/C14H18N4O2/c1-3-20-14(19)12-8-11(9-15)10(2)17-13(12)18-6-4-16-5-7-18/h8,16H,3-7H2,1-2H3. The van der Waals surface area contributed by atoms with E-state index in [4.69, 9.17) is 10.00 Å². The molecule has 20 heavy (non-hydrogen) atoms. The number of nitriles is 1. The fraction of sp³-hybridized carbons (Fsp3) is 0.500. The lowest BCUT2D eigenvalue weighted by Crippen LogP contribution is -2.44. The van der Waals surface area contributed by atoms with Gasteiger partial charge in [0.2, 0.25) is 0 Å². The number of hydrogen-bond acceptors (Lipinski definition) is 6.